The van der Waals surface area contributed by atoms with Crippen LogP contribution in [-0.2, 0) is 9.53 Å². The van der Waals surface area contributed by atoms with Gasteiger partial charge in [0.1, 0.15) is 11.6 Å². The van der Waals surface area contributed by atoms with Crippen molar-refractivity contribution in [3.63, 3.8) is 0 Å². The van der Waals surface area contributed by atoms with Crippen LogP contribution >= 0.6 is 0 Å². The van der Waals surface area contributed by atoms with Crippen LogP contribution in [0.5, 0.6) is 17.2 Å². The molecule has 2 aromatic rings. The summed E-state index contributed by atoms with van der Waals surface area (Å²) >= 11 is 0. The molecule has 4 atom stereocenters. The van der Waals surface area contributed by atoms with Crippen molar-refractivity contribution in [3.05, 3.63) is 47.5 Å². The highest BCUT2D eigenvalue weighted by atomic mass is 16.7. The van der Waals surface area contributed by atoms with Crippen molar-refractivity contribution in [3.8, 4) is 17.2 Å². The number of aliphatic carboxylic acids is 1. The summed E-state index contributed by atoms with van der Waals surface area (Å²) in [5.41, 5.74) is 6.74. The molecular formula is C25H33N3O8. The van der Waals surface area contributed by atoms with Crippen molar-refractivity contribution in [2.75, 3.05) is 25.1 Å². The van der Waals surface area contributed by atoms with E-state index >= 15 is 0 Å². The third-order valence-corrected chi connectivity index (χ3v) is 5.55. The van der Waals surface area contributed by atoms with E-state index in [0.717, 1.165) is 0 Å². The molecule has 0 bridgehead atoms. The molecule has 3 rings (SSSR count). The van der Waals surface area contributed by atoms with Gasteiger partial charge in [0.05, 0.1) is 32.0 Å². The number of nitrogens with one attached hydrogen (secondary N) is 2. The number of nitrogen functional groups attached to an aromatic ring is 1. The summed E-state index contributed by atoms with van der Waals surface area (Å²) in [5, 5.41) is 40.3. The van der Waals surface area contributed by atoms with Crippen molar-refractivity contribution in [1.82, 2.24) is 0 Å². The summed E-state index contributed by atoms with van der Waals surface area (Å²) in [5.74, 6) is -0.406. The van der Waals surface area contributed by atoms with E-state index in [4.69, 9.17) is 30.1 Å². The largest absolute Gasteiger partial charge is 0.490 e. The Kier molecular flexibility index (Phi) is 9.34. The number of amidine groups is 1. The second-order valence-corrected chi connectivity index (χ2v) is 8.22. The quantitative estimate of drug-likeness (QED) is 0.186. The van der Waals surface area contributed by atoms with Crippen molar-refractivity contribution in [2.45, 2.75) is 51.2 Å². The van der Waals surface area contributed by atoms with Gasteiger partial charge in [0, 0.05) is 35.7 Å². The Bertz CT molecular complexity index is 1050. The summed E-state index contributed by atoms with van der Waals surface area (Å²) in [6.45, 7) is 3.99. The number of rotatable bonds is 12. The molecule has 0 saturated carbocycles. The average molecular weight is 504 g/mol. The summed E-state index contributed by atoms with van der Waals surface area (Å²) in [7, 11) is 0. The first-order chi connectivity index (χ1) is 17.2. The molecule has 2 aromatic carbocycles. The molecule has 1 heterocycles. The number of benzene rings is 2. The third-order valence-electron chi connectivity index (χ3n) is 5.55. The first-order valence-corrected chi connectivity index (χ1v) is 11.7. The Labute approximate surface area is 209 Å². The molecule has 1 aliphatic heterocycles. The Hall–Kier alpha value is -3.54. The molecule has 36 heavy (non-hydrogen) atoms. The van der Waals surface area contributed by atoms with E-state index in [-0.39, 0.29) is 36.6 Å². The molecular weight excluding hydrogens is 470 g/mol. The van der Waals surface area contributed by atoms with Crippen LogP contribution < -0.4 is 25.3 Å². The van der Waals surface area contributed by atoms with Gasteiger partial charge in [0.15, 0.2) is 17.5 Å². The maximum atomic E-state index is 12.4. The number of carbonyl (C=O) groups is 1. The van der Waals surface area contributed by atoms with Gasteiger partial charge in [-0.25, -0.2) is 4.79 Å². The fourth-order valence-electron chi connectivity index (χ4n) is 3.89. The number of nitrogens with two attached hydrogens (primary N) is 1. The molecule has 7 N–H and O–H groups in total. The highest BCUT2D eigenvalue weighted by Crippen LogP contribution is 2.40. The number of anilines is 1. The molecule has 0 radical (unpaired) electrons. The molecule has 11 heteroatoms. The van der Waals surface area contributed by atoms with Gasteiger partial charge in [-0.2, -0.15) is 0 Å². The van der Waals surface area contributed by atoms with E-state index < -0.39 is 30.5 Å². The standard InChI is InChI=1S/C25H33N3O8/c1-3-33-20-11-18(23(25(31)32)28-15-7-5-14(6-8-15)24(26)27)19(12-21(20)34-4-2)36-22-10-16(30)9-17(13-29)35-22/h5-8,11-12,16-17,22-23,28-30H,3-4,9-10,13H2,1-2H3,(H3,26,27)(H,31,32)/t16-,17-,22-,23?/m0/s1. The van der Waals surface area contributed by atoms with Crippen molar-refractivity contribution >= 4 is 17.5 Å². The lowest BCUT2D eigenvalue weighted by atomic mass is 10.0. The molecule has 0 spiro atoms. The van der Waals surface area contributed by atoms with Gasteiger partial charge in [-0.1, -0.05) is 0 Å². The predicted molar refractivity (Wildman–Crippen MR) is 132 cm³/mol. The second-order valence-electron chi connectivity index (χ2n) is 8.22. The van der Waals surface area contributed by atoms with Crippen LogP contribution in [0.25, 0.3) is 0 Å². The van der Waals surface area contributed by atoms with E-state index in [9.17, 15) is 20.1 Å². The highest BCUT2D eigenvalue weighted by molar-refractivity contribution is 5.95. The lowest BCUT2D eigenvalue weighted by Gasteiger charge is -2.33. The smallest absolute Gasteiger partial charge is 0.330 e. The number of aliphatic hydroxyl groups is 2. The maximum absolute atomic E-state index is 12.4. The van der Waals surface area contributed by atoms with Crippen LogP contribution in [0.4, 0.5) is 5.69 Å². The molecule has 11 nitrogen and oxygen atoms in total. The van der Waals surface area contributed by atoms with E-state index in [1.54, 1.807) is 43.3 Å². The van der Waals surface area contributed by atoms with Crippen LogP contribution in [-0.4, -0.2) is 65.4 Å². The summed E-state index contributed by atoms with van der Waals surface area (Å²) in [6, 6.07) is 8.28. The molecule has 196 valence electrons. The van der Waals surface area contributed by atoms with E-state index in [0.29, 0.717) is 36.0 Å². The van der Waals surface area contributed by atoms with Crippen LogP contribution in [0.2, 0.25) is 0 Å². The minimum atomic E-state index is -1.26. The lowest BCUT2D eigenvalue weighted by Crippen LogP contribution is -2.40. The normalized spacial score (nSPS) is 20.3. The number of hydrogen-bond acceptors (Lipinski definition) is 9. The molecule has 0 aliphatic carbocycles. The van der Waals surface area contributed by atoms with Gasteiger partial charge in [-0.05, 0) is 44.2 Å². The average Bonchev–Trinajstić information content (AvgIpc) is 2.84. The zero-order chi connectivity index (χ0) is 26.2. The number of carboxylic acids is 1. The van der Waals surface area contributed by atoms with Gasteiger partial charge in [-0.3, -0.25) is 5.41 Å². The minimum absolute atomic E-state index is 0.101. The van der Waals surface area contributed by atoms with E-state index in [1.807, 2.05) is 6.92 Å². The summed E-state index contributed by atoms with van der Waals surface area (Å²) in [4.78, 5) is 12.4. The SMILES string of the molecule is CCOc1cc(O[C@H]2C[C@@H](O)C[C@@H](CO)O2)c(C(Nc2ccc(C(=N)N)cc2)C(=O)O)cc1OCC. The minimum Gasteiger partial charge on any atom is -0.490 e. The Balaban J connectivity index is 2.02. The molecule has 0 amide bonds. The maximum Gasteiger partial charge on any atom is 0.330 e. The van der Waals surface area contributed by atoms with E-state index in [1.165, 1.54) is 0 Å². The number of hydrogen-bond donors (Lipinski definition) is 6. The zero-order valence-corrected chi connectivity index (χ0v) is 20.3. The van der Waals surface area contributed by atoms with Crippen molar-refractivity contribution in [1.29, 1.82) is 5.41 Å². The van der Waals surface area contributed by atoms with Crippen molar-refractivity contribution < 1.29 is 39.1 Å². The first-order valence-electron chi connectivity index (χ1n) is 11.7. The van der Waals surface area contributed by atoms with Gasteiger partial charge >= 0.3 is 5.97 Å². The lowest BCUT2D eigenvalue weighted by molar-refractivity contribution is -0.185. The van der Waals surface area contributed by atoms with Crippen LogP contribution in [0.3, 0.4) is 0 Å². The van der Waals surface area contributed by atoms with Crippen LogP contribution in [0, 0.1) is 5.41 Å². The summed E-state index contributed by atoms with van der Waals surface area (Å²) < 4.78 is 23.2. The van der Waals surface area contributed by atoms with Gasteiger partial charge < -0.3 is 45.3 Å². The second kappa shape index (κ2) is 12.4. The molecule has 1 saturated heterocycles. The van der Waals surface area contributed by atoms with Gasteiger partial charge in [0.25, 0.3) is 0 Å². The molecule has 1 fully saturated rings. The molecule has 1 unspecified atom stereocenters. The fraction of sp³-hybridized carbons (Fsp3) is 0.440. The Morgan fingerprint density at radius 2 is 1.78 bits per heavy atom. The number of carboxylic acid groups (broad SMARTS) is 1. The monoisotopic (exact) mass is 503 g/mol. The Morgan fingerprint density at radius 1 is 1.14 bits per heavy atom. The number of aliphatic hydroxyl groups excluding tert-OH is 2. The van der Waals surface area contributed by atoms with Gasteiger partial charge in [-0.15, -0.1) is 0 Å². The van der Waals surface area contributed by atoms with Crippen LogP contribution in [0.1, 0.15) is 43.9 Å². The highest BCUT2D eigenvalue weighted by Gasteiger charge is 2.32. The fourth-order valence-corrected chi connectivity index (χ4v) is 3.89. The predicted octanol–water partition coefficient (Wildman–Crippen LogP) is 2.24. The van der Waals surface area contributed by atoms with Crippen LogP contribution in [0.15, 0.2) is 36.4 Å². The Morgan fingerprint density at radius 3 is 2.33 bits per heavy atom. The first kappa shape index (κ1) is 27.1. The van der Waals surface area contributed by atoms with E-state index in [2.05, 4.69) is 5.32 Å². The van der Waals surface area contributed by atoms with Crippen molar-refractivity contribution in [2.24, 2.45) is 5.73 Å². The number of ether oxygens (including phenoxy) is 4. The molecule has 1 aliphatic rings. The summed E-state index contributed by atoms with van der Waals surface area (Å²) in [6.07, 6.45) is -1.85. The molecule has 0 aromatic heterocycles. The van der Waals surface area contributed by atoms with Gasteiger partial charge in [0.2, 0.25) is 6.29 Å². The third kappa shape index (κ3) is 6.78. The topological polar surface area (TPSA) is 177 Å². The zero-order valence-electron chi connectivity index (χ0n) is 20.3.